The summed E-state index contributed by atoms with van der Waals surface area (Å²) in [5.74, 6) is 2.76. The van der Waals surface area contributed by atoms with Crippen LogP contribution in [0.1, 0.15) is 12.8 Å². The van der Waals surface area contributed by atoms with E-state index in [-0.39, 0.29) is 11.9 Å². The molecule has 5 heteroatoms. The van der Waals surface area contributed by atoms with Crippen LogP contribution in [0.5, 0.6) is 5.75 Å². The zero-order valence-corrected chi connectivity index (χ0v) is 13.1. The molecule has 1 aromatic rings. The van der Waals surface area contributed by atoms with E-state index >= 15 is 0 Å². The second-order valence-corrected chi connectivity index (χ2v) is 6.45. The molecule has 1 atom stereocenters. The van der Waals surface area contributed by atoms with Crippen LogP contribution in [0.3, 0.4) is 0 Å². The highest BCUT2D eigenvalue weighted by molar-refractivity contribution is 7.99. The largest absolute Gasteiger partial charge is 0.491 e. The van der Waals surface area contributed by atoms with E-state index in [0.29, 0.717) is 23.3 Å². The number of hydrogen-bond acceptors (Lipinski definition) is 4. The Morgan fingerprint density at radius 2 is 2.10 bits per heavy atom. The minimum absolute atomic E-state index is 0.186. The number of thioether (sulfide) groups is 1. The molecule has 0 aromatic heterocycles. The molecule has 20 heavy (non-hydrogen) atoms. The maximum atomic E-state index is 12.0. The number of carbonyl (C=O) groups excluding carboxylic acids is 1. The van der Waals surface area contributed by atoms with Crippen LogP contribution >= 0.6 is 23.4 Å². The topological polar surface area (TPSA) is 35.5 Å². The lowest BCUT2D eigenvalue weighted by Crippen LogP contribution is -2.32. The first-order valence-corrected chi connectivity index (χ1v) is 8.28. The van der Waals surface area contributed by atoms with Crippen molar-refractivity contribution in [1.29, 1.82) is 0 Å². The summed E-state index contributed by atoms with van der Waals surface area (Å²) in [6.07, 6.45) is 2.08. The van der Waals surface area contributed by atoms with Crippen LogP contribution in [-0.4, -0.2) is 31.2 Å². The Labute approximate surface area is 129 Å². The van der Waals surface area contributed by atoms with Gasteiger partial charge in [-0.1, -0.05) is 23.7 Å². The van der Waals surface area contributed by atoms with E-state index < -0.39 is 0 Å². The van der Waals surface area contributed by atoms with Gasteiger partial charge in [0.1, 0.15) is 12.4 Å². The SMILES string of the molecule is COC(=O)C(COc1ccccc1Cl)C1CCSCC1. The van der Waals surface area contributed by atoms with Gasteiger partial charge >= 0.3 is 5.97 Å². The number of hydrogen-bond donors (Lipinski definition) is 0. The Kier molecular flexibility index (Phi) is 6.05. The number of para-hydroxylation sites is 1. The summed E-state index contributed by atoms with van der Waals surface area (Å²) >= 11 is 8.00. The molecule has 1 saturated heterocycles. The first-order chi connectivity index (χ1) is 9.72. The Bertz CT molecular complexity index is 446. The van der Waals surface area contributed by atoms with E-state index in [1.807, 2.05) is 30.0 Å². The molecule has 1 aliphatic heterocycles. The third-order valence-corrected chi connectivity index (χ3v) is 4.95. The van der Waals surface area contributed by atoms with Crippen LogP contribution in [0.2, 0.25) is 5.02 Å². The van der Waals surface area contributed by atoms with Gasteiger partial charge in [0, 0.05) is 0 Å². The number of rotatable bonds is 5. The van der Waals surface area contributed by atoms with Gasteiger partial charge in [0.2, 0.25) is 0 Å². The Balaban J connectivity index is 2.00. The van der Waals surface area contributed by atoms with E-state index in [9.17, 15) is 4.79 Å². The van der Waals surface area contributed by atoms with Gasteiger partial charge in [-0.15, -0.1) is 0 Å². The van der Waals surface area contributed by atoms with Crippen LogP contribution in [0.25, 0.3) is 0 Å². The molecule has 1 aliphatic rings. The zero-order valence-electron chi connectivity index (χ0n) is 11.5. The van der Waals surface area contributed by atoms with Gasteiger partial charge in [0.25, 0.3) is 0 Å². The van der Waals surface area contributed by atoms with Gasteiger partial charge in [0.15, 0.2) is 0 Å². The summed E-state index contributed by atoms with van der Waals surface area (Å²) in [6.45, 7) is 0.325. The molecule has 1 aromatic carbocycles. The van der Waals surface area contributed by atoms with E-state index in [2.05, 4.69) is 0 Å². The molecule has 0 radical (unpaired) electrons. The summed E-state index contributed by atoms with van der Waals surface area (Å²) in [7, 11) is 1.43. The Hall–Kier alpha value is -0.870. The maximum Gasteiger partial charge on any atom is 0.312 e. The standard InChI is InChI=1S/C15H19ClO3S/c1-18-15(17)12(11-6-8-20-9-7-11)10-19-14-5-3-2-4-13(14)16/h2-5,11-12H,6-10H2,1H3. The highest BCUT2D eigenvalue weighted by Gasteiger charge is 2.31. The predicted molar refractivity (Wildman–Crippen MR) is 82.5 cm³/mol. The summed E-state index contributed by atoms with van der Waals surface area (Å²) in [5.41, 5.74) is 0. The van der Waals surface area contributed by atoms with Crippen molar-refractivity contribution in [3.8, 4) is 5.75 Å². The number of benzene rings is 1. The van der Waals surface area contributed by atoms with Crippen molar-refractivity contribution < 1.29 is 14.3 Å². The Morgan fingerprint density at radius 3 is 2.75 bits per heavy atom. The molecular weight excluding hydrogens is 296 g/mol. The van der Waals surface area contributed by atoms with Gasteiger partial charge in [-0.3, -0.25) is 4.79 Å². The van der Waals surface area contributed by atoms with Gasteiger partial charge in [-0.25, -0.2) is 0 Å². The van der Waals surface area contributed by atoms with Crippen LogP contribution in [-0.2, 0) is 9.53 Å². The molecule has 1 unspecified atom stereocenters. The molecule has 0 spiro atoms. The van der Waals surface area contributed by atoms with Gasteiger partial charge in [-0.2, -0.15) is 11.8 Å². The van der Waals surface area contributed by atoms with Gasteiger partial charge < -0.3 is 9.47 Å². The normalized spacial score (nSPS) is 17.5. The minimum Gasteiger partial charge on any atom is -0.491 e. The molecule has 0 amide bonds. The molecule has 1 fully saturated rings. The van der Waals surface area contributed by atoms with Gasteiger partial charge in [-0.05, 0) is 42.4 Å². The van der Waals surface area contributed by atoms with Crippen molar-refractivity contribution in [1.82, 2.24) is 0 Å². The molecule has 0 aliphatic carbocycles. The minimum atomic E-state index is -0.211. The zero-order chi connectivity index (χ0) is 14.4. The highest BCUT2D eigenvalue weighted by Crippen LogP contribution is 2.31. The summed E-state index contributed by atoms with van der Waals surface area (Å²) in [5, 5.41) is 0.565. The van der Waals surface area contributed by atoms with E-state index in [1.165, 1.54) is 7.11 Å². The van der Waals surface area contributed by atoms with Crippen LogP contribution in [0.15, 0.2) is 24.3 Å². The molecular formula is C15H19ClO3S. The number of carbonyl (C=O) groups is 1. The third kappa shape index (κ3) is 4.06. The molecule has 2 rings (SSSR count). The lowest BCUT2D eigenvalue weighted by molar-refractivity contribution is -0.148. The van der Waals surface area contributed by atoms with Crippen molar-refractivity contribution in [2.75, 3.05) is 25.2 Å². The number of esters is 1. The summed E-state index contributed by atoms with van der Waals surface area (Å²) in [6, 6.07) is 7.31. The molecule has 0 N–H and O–H groups in total. The molecule has 3 nitrogen and oxygen atoms in total. The van der Waals surface area contributed by atoms with Crippen molar-refractivity contribution in [3.63, 3.8) is 0 Å². The van der Waals surface area contributed by atoms with E-state index in [1.54, 1.807) is 6.07 Å². The summed E-state index contributed by atoms with van der Waals surface area (Å²) in [4.78, 5) is 12.0. The fraction of sp³-hybridized carbons (Fsp3) is 0.533. The smallest absolute Gasteiger partial charge is 0.312 e. The van der Waals surface area contributed by atoms with E-state index in [0.717, 1.165) is 24.3 Å². The third-order valence-electron chi connectivity index (χ3n) is 3.59. The van der Waals surface area contributed by atoms with Crippen LogP contribution in [0.4, 0.5) is 0 Å². The number of halogens is 1. The first-order valence-electron chi connectivity index (χ1n) is 6.75. The van der Waals surface area contributed by atoms with Crippen molar-refractivity contribution >= 4 is 29.3 Å². The number of ether oxygens (including phenoxy) is 2. The number of methoxy groups -OCH3 is 1. The van der Waals surface area contributed by atoms with Crippen LogP contribution in [0, 0.1) is 11.8 Å². The fourth-order valence-electron chi connectivity index (χ4n) is 2.41. The predicted octanol–water partition coefficient (Wildman–Crippen LogP) is 3.65. The molecule has 0 saturated carbocycles. The lowest BCUT2D eigenvalue weighted by Gasteiger charge is -2.28. The molecule has 1 heterocycles. The average Bonchev–Trinajstić information content (AvgIpc) is 2.50. The van der Waals surface area contributed by atoms with E-state index in [4.69, 9.17) is 21.1 Å². The Morgan fingerprint density at radius 1 is 1.40 bits per heavy atom. The first kappa shape index (κ1) is 15.5. The fourth-order valence-corrected chi connectivity index (χ4v) is 3.74. The monoisotopic (exact) mass is 314 g/mol. The van der Waals surface area contributed by atoms with Gasteiger partial charge in [0.05, 0.1) is 18.1 Å². The second kappa shape index (κ2) is 7.79. The highest BCUT2D eigenvalue weighted by atomic mass is 35.5. The molecule has 110 valence electrons. The van der Waals surface area contributed by atoms with Crippen molar-refractivity contribution in [2.45, 2.75) is 12.8 Å². The summed E-state index contributed by atoms with van der Waals surface area (Å²) < 4.78 is 10.7. The van der Waals surface area contributed by atoms with Crippen LogP contribution < -0.4 is 4.74 Å². The quantitative estimate of drug-likeness (QED) is 0.777. The average molecular weight is 315 g/mol. The molecule has 0 bridgehead atoms. The van der Waals surface area contributed by atoms with Crippen molar-refractivity contribution in [2.24, 2.45) is 11.8 Å². The lowest BCUT2D eigenvalue weighted by atomic mass is 9.88. The van der Waals surface area contributed by atoms with Crippen molar-refractivity contribution in [3.05, 3.63) is 29.3 Å². The second-order valence-electron chi connectivity index (χ2n) is 4.82. The maximum absolute atomic E-state index is 12.0.